The van der Waals surface area contributed by atoms with Crippen LogP contribution in [0.3, 0.4) is 0 Å². The number of nitro benzene ring substituents is 1. The number of alkyl halides is 1. The van der Waals surface area contributed by atoms with E-state index in [1.54, 1.807) is 7.05 Å². The molecule has 1 aromatic carbocycles. The molecule has 0 aliphatic carbocycles. The van der Waals surface area contributed by atoms with Gasteiger partial charge in [-0.3, -0.25) is 15.0 Å². The summed E-state index contributed by atoms with van der Waals surface area (Å²) in [6.07, 6.45) is -0.510. The van der Waals surface area contributed by atoms with Crippen LogP contribution in [-0.2, 0) is 14.8 Å². The molecular weight excluding hydrogens is 343 g/mol. The number of sulfonamides is 1. The van der Waals surface area contributed by atoms with Gasteiger partial charge in [-0.25, -0.2) is 17.9 Å². The molecule has 2 N–H and O–H groups in total. The van der Waals surface area contributed by atoms with Crippen LogP contribution in [-0.4, -0.2) is 64.4 Å². The minimum absolute atomic E-state index is 0.194. The molecule has 1 aromatic rings. The van der Waals surface area contributed by atoms with Crippen LogP contribution in [0.15, 0.2) is 23.1 Å². The maximum Gasteiger partial charge on any atom is 0.293 e. The van der Waals surface area contributed by atoms with Crippen molar-refractivity contribution in [2.24, 2.45) is 5.14 Å². The van der Waals surface area contributed by atoms with E-state index in [4.69, 9.17) is 9.88 Å². The molecule has 1 heterocycles. The van der Waals surface area contributed by atoms with Crippen LogP contribution in [0.25, 0.3) is 0 Å². The Labute approximate surface area is 139 Å². The Bertz CT molecular complexity index is 712. The normalized spacial score (nSPS) is 19.2. The van der Waals surface area contributed by atoms with Crippen LogP contribution in [0.4, 0.5) is 15.8 Å². The molecule has 0 amide bonds. The number of hydrogen-bond acceptors (Lipinski definition) is 7. The summed E-state index contributed by atoms with van der Waals surface area (Å²) in [5.41, 5.74) is -0.199. The summed E-state index contributed by atoms with van der Waals surface area (Å²) in [7, 11) is -2.45. The third-order valence-electron chi connectivity index (χ3n) is 3.82. The SMILES string of the molecule is CN(c1ccc(S(N)(=O)=O)cc1[N+](=O)[O-])C1CN(CCF)CCO1. The number of anilines is 1. The van der Waals surface area contributed by atoms with E-state index in [0.29, 0.717) is 19.7 Å². The van der Waals surface area contributed by atoms with Crippen molar-refractivity contribution in [3.8, 4) is 0 Å². The summed E-state index contributed by atoms with van der Waals surface area (Å²) in [5, 5.41) is 16.3. The first kappa shape index (κ1) is 18.5. The third kappa shape index (κ3) is 4.17. The standard InChI is InChI=1S/C13H19FN4O5S/c1-16(13-9-17(5-4-14)6-7-23-13)11-3-2-10(24(15,21)22)8-12(11)18(19)20/h2-3,8,13H,4-7,9H2,1H3,(H2,15,21,22). The maximum absolute atomic E-state index is 12.5. The molecule has 1 aliphatic heterocycles. The molecule has 1 fully saturated rings. The summed E-state index contributed by atoms with van der Waals surface area (Å²) < 4.78 is 40.9. The topological polar surface area (TPSA) is 119 Å². The number of benzene rings is 1. The van der Waals surface area contributed by atoms with E-state index in [9.17, 15) is 22.9 Å². The lowest BCUT2D eigenvalue weighted by molar-refractivity contribution is -0.384. The number of morpholine rings is 1. The van der Waals surface area contributed by atoms with Crippen LogP contribution in [0.5, 0.6) is 0 Å². The summed E-state index contributed by atoms with van der Waals surface area (Å²) in [6, 6.07) is 3.44. The molecule has 24 heavy (non-hydrogen) atoms. The molecular formula is C13H19FN4O5S. The summed E-state index contributed by atoms with van der Waals surface area (Å²) in [4.78, 5) is 13.7. The Morgan fingerprint density at radius 2 is 2.25 bits per heavy atom. The third-order valence-corrected chi connectivity index (χ3v) is 4.73. The predicted octanol–water partition coefficient (Wildman–Crippen LogP) is 0.306. The van der Waals surface area contributed by atoms with E-state index < -0.39 is 33.5 Å². The van der Waals surface area contributed by atoms with Gasteiger partial charge in [0.1, 0.15) is 18.6 Å². The summed E-state index contributed by atoms with van der Waals surface area (Å²) in [5.74, 6) is 0. The molecule has 1 unspecified atom stereocenters. The number of nitro groups is 1. The summed E-state index contributed by atoms with van der Waals surface area (Å²) >= 11 is 0. The highest BCUT2D eigenvalue weighted by atomic mass is 32.2. The first-order chi connectivity index (χ1) is 11.2. The van der Waals surface area contributed by atoms with Gasteiger partial charge in [0.15, 0.2) is 0 Å². The lowest BCUT2D eigenvalue weighted by Crippen LogP contribution is -2.50. The quantitative estimate of drug-likeness (QED) is 0.571. The molecule has 1 aliphatic rings. The van der Waals surface area contributed by atoms with Gasteiger partial charge in [-0.05, 0) is 12.1 Å². The van der Waals surface area contributed by atoms with Gasteiger partial charge in [-0.2, -0.15) is 0 Å². The minimum atomic E-state index is -4.05. The van der Waals surface area contributed by atoms with Crippen LogP contribution in [0.1, 0.15) is 0 Å². The number of nitrogens with two attached hydrogens (primary N) is 1. The predicted molar refractivity (Wildman–Crippen MR) is 85.0 cm³/mol. The van der Waals surface area contributed by atoms with Crippen molar-refractivity contribution >= 4 is 21.4 Å². The fourth-order valence-electron chi connectivity index (χ4n) is 2.52. The molecule has 0 saturated carbocycles. The van der Waals surface area contributed by atoms with E-state index in [0.717, 1.165) is 6.07 Å². The highest BCUT2D eigenvalue weighted by Gasteiger charge is 2.29. The Hall–Kier alpha value is -1.82. The molecule has 0 aromatic heterocycles. The Kier molecular flexibility index (Phi) is 5.70. The van der Waals surface area contributed by atoms with Gasteiger partial charge in [-0.15, -0.1) is 0 Å². The lowest BCUT2D eigenvalue weighted by atomic mass is 10.2. The first-order valence-corrected chi connectivity index (χ1v) is 8.72. The number of hydrogen-bond donors (Lipinski definition) is 1. The summed E-state index contributed by atoms with van der Waals surface area (Å²) in [6.45, 7) is 1.12. The van der Waals surface area contributed by atoms with Crippen LogP contribution in [0.2, 0.25) is 0 Å². The zero-order chi connectivity index (χ0) is 17.9. The number of rotatable bonds is 6. The van der Waals surface area contributed by atoms with Crippen molar-refractivity contribution in [3.05, 3.63) is 28.3 Å². The van der Waals surface area contributed by atoms with Crippen LogP contribution in [0, 0.1) is 10.1 Å². The van der Waals surface area contributed by atoms with Crippen molar-refractivity contribution in [1.29, 1.82) is 0 Å². The highest BCUT2D eigenvalue weighted by molar-refractivity contribution is 7.89. The molecule has 0 bridgehead atoms. The molecule has 9 nitrogen and oxygen atoms in total. The molecule has 1 saturated heterocycles. The molecule has 2 rings (SSSR count). The maximum atomic E-state index is 12.5. The van der Waals surface area contributed by atoms with Crippen molar-refractivity contribution in [2.45, 2.75) is 11.1 Å². The van der Waals surface area contributed by atoms with Crippen molar-refractivity contribution in [3.63, 3.8) is 0 Å². The van der Waals surface area contributed by atoms with Gasteiger partial charge < -0.3 is 9.64 Å². The van der Waals surface area contributed by atoms with E-state index in [1.165, 1.54) is 17.0 Å². The van der Waals surface area contributed by atoms with Gasteiger partial charge in [0.25, 0.3) is 5.69 Å². The number of halogens is 1. The van der Waals surface area contributed by atoms with Gasteiger partial charge in [0.05, 0.1) is 16.4 Å². The largest absolute Gasteiger partial charge is 0.356 e. The smallest absolute Gasteiger partial charge is 0.293 e. The van der Waals surface area contributed by atoms with Crippen molar-refractivity contribution < 1.29 is 22.5 Å². The second-order valence-corrected chi connectivity index (χ2v) is 6.94. The second kappa shape index (κ2) is 7.38. The van der Waals surface area contributed by atoms with Crippen molar-refractivity contribution in [2.75, 3.05) is 44.9 Å². The second-order valence-electron chi connectivity index (χ2n) is 5.38. The minimum Gasteiger partial charge on any atom is -0.356 e. The van der Waals surface area contributed by atoms with Gasteiger partial charge in [0, 0.05) is 32.7 Å². The molecule has 0 spiro atoms. The van der Waals surface area contributed by atoms with Crippen LogP contribution >= 0.6 is 0 Å². The van der Waals surface area contributed by atoms with Crippen molar-refractivity contribution in [1.82, 2.24) is 4.90 Å². The molecule has 1 atom stereocenters. The number of primary sulfonamides is 1. The fourth-order valence-corrected chi connectivity index (χ4v) is 3.05. The molecule has 134 valence electrons. The monoisotopic (exact) mass is 362 g/mol. The van der Waals surface area contributed by atoms with E-state index in [2.05, 4.69) is 0 Å². The zero-order valence-corrected chi connectivity index (χ0v) is 13.9. The molecule has 0 radical (unpaired) electrons. The van der Waals surface area contributed by atoms with Gasteiger partial charge in [0.2, 0.25) is 10.0 Å². The zero-order valence-electron chi connectivity index (χ0n) is 13.1. The van der Waals surface area contributed by atoms with E-state index in [-0.39, 0.29) is 17.1 Å². The Morgan fingerprint density at radius 3 is 2.83 bits per heavy atom. The fraction of sp³-hybridized carbons (Fsp3) is 0.538. The Balaban J connectivity index is 2.31. The average molecular weight is 362 g/mol. The van der Waals surface area contributed by atoms with Crippen LogP contribution < -0.4 is 10.0 Å². The van der Waals surface area contributed by atoms with Gasteiger partial charge >= 0.3 is 0 Å². The number of ether oxygens (including phenoxy) is 1. The number of nitrogens with zero attached hydrogens (tertiary/aromatic N) is 3. The number of likely N-dealkylation sites (N-methyl/N-ethyl adjacent to an activating group) is 1. The Morgan fingerprint density at radius 1 is 1.54 bits per heavy atom. The van der Waals surface area contributed by atoms with Gasteiger partial charge in [-0.1, -0.05) is 0 Å². The van der Waals surface area contributed by atoms with E-state index >= 15 is 0 Å². The highest BCUT2D eigenvalue weighted by Crippen LogP contribution is 2.31. The lowest BCUT2D eigenvalue weighted by Gasteiger charge is -2.37. The first-order valence-electron chi connectivity index (χ1n) is 7.18. The average Bonchev–Trinajstić information content (AvgIpc) is 2.53. The van der Waals surface area contributed by atoms with E-state index in [1.807, 2.05) is 4.90 Å². The molecule has 11 heteroatoms.